The van der Waals surface area contributed by atoms with Crippen LogP contribution in [-0.4, -0.2) is 45.9 Å². The molecule has 0 spiro atoms. The lowest BCUT2D eigenvalue weighted by Crippen LogP contribution is -2.32. The molecule has 1 unspecified atom stereocenters. The Balaban J connectivity index is 2.02. The lowest BCUT2D eigenvalue weighted by Gasteiger charge is -2.32. The Morgan fingerprint density at radius 2 is 1.69 bits per heavy atom. The zero-order valence-corrected chi connectivity index (χ0v) is 20.5. The highest BCUT2D eigenvalue weighted by Gasteiger charge is 2.36. The van der Waals surface area contributed by atoms with Gasteiger partial charge in [-0.1, -0.05) is 26.0 Å². The summed E-state index contributed by atoms with van der Waals surface area (Å²) in [6.07, 6.45) is 2.68. The van der Waals surface area contributed by atoms with Gasteiger partial charge in [-0.2, -0.15) is 5.26 Å². The Morgan fingerprint density at radius 1 is 1.00 bits per heavy atom. The molecule has 5 heteroatoms. The molecule has 0 aliphatic heterocycles. The topological polar surface area (TPSA) is 54.7 Å². The Labute approximate surface area is 193 Å². The molecule has 0 fully saturated rings. The molecule has 0 radical (unpaired) electrons. The highest BCUT2D eigenvalue weighted by atomic mass is 16.5. The van der Waals surface area contributed by atoms with Crippen LogP contribution in [0.5, 0.6) is 17.2 Å². The first-order valence-corrected chi connectivity index (χ1v) is 11.4. The second kappa shape index (κ2) is 12.4. The summed E-state index contributed by atoms with van der Waals surface area (Å²) < 4.78 is 16.5. The molecule has 0 aliphatic carbocycles. The summed E-state index contributed by atoms with van der Waals surface area (Å²) in [6.45, 7) is 8.81. The molecule has 2 aromatic rings. The van der Waals surface area contributed by atoms with Crippen molar-refractivity contribution in [3.8, 4) is 23.3 Å². The molecule has 0 N–H and O–H groups in total. The Morgan fingerprint density at radius 3 is 2.25 bits per heavy atom. The number of benzene rings is 2. The van der Waals surface area contributed by atoms with Crippen molar-refractivity contribution >= 4 is 0 Å². The number of ether oxygens (including phenoxy) is 3. The largest absolute Gasteiger partial charge is 0.497 e. The molecule has 0 aromatic heterocycles. The number of nitrogens with zero attached hydrogens (tertiary/aromatic N) is 2. The molecule has 1 atom stereocenters. The molecule has 0 aliphatic rings. The minimum Gasteiger partial charge on any atom is -0.497 e. The van der Waals surface area contributed by atoms with E-state index in [0.29, 0.717) is 18.1 Å². The molecule has 32 heavy (non-hydrogen) atoms. The number of likely N-dealkylation sites (N-methyl/N-ethyl adjacent to an activating group) is 1. The Kier molecular flexibility index (Phi) is 9.87. The molecule has 5 nitrogen and oxygen atoms in total. The number of rotatable bonds is 13. The molecular formula is C27H38N2O3. The molecule has 0 saturated heterocycles. The van der Waals surface area contributed by atoms with E-state index in [0.717, 1.165) is 43.7 Å². The van der Waals surface area contributed by atoms with Crippen LogP contribution in [0.4, 0.5) is 0 Å². The molecular weight excluding hydrogens is 400 g/mol. The van der Waals surface area contributed by atoms with Crippen molar-refractivity contribution in [1.29, 1.82) is 5.26 Å². The standard InChI is InChI=1S/C27H38N2O3/c1-7-32-24-11-8-10-22(16-24)12-15-29(4)14-9-13-27(20-28,21(2)3)23-17-25(30-5)19-26(18-23)31-6/h8,10-11,16-19,21H,7,9,12-15H2,1-6H3. The van der Waals surface area contributed by atoms with E-state index in [-0.39, 0.29) is 5.92 Å². The van der Waals surface area contributed by atoms with E-state index in [1.54, 1.807) is 14.2 Å². The number of nitriles is 1. The van der Waals surface area contributed by atoms with Gasteiger partial charge in [-0.15, -0.1) is 0 Å². The maximum atomic E-state index is 10.3. The molecule has 174 valence electrons. The third-order valence-corrected chi connectivity index (χ3v) is 6.15. The van der Waals surface area contributed by atoms with E-state index in [2.05, 4.69) is 44.0 Å². The number of methoxy groups -OCH3 is 2. The summed E-state index contributed by atoms with van der Waals surface area (Å²) in [5, 5.41) is 10.3. The van der Waals surface area contributed by atoms with Gasteiger partial charge in [0.2, 0.25) is 0 Å². The summed E-state index contributed by atoms with van der Waals surface area (Å²) in [4.78, 5) is 2.34. The summed E-state index contributed by atoms with van der Waals surface area (Å²) in [6, 6.07) is 16.7. The normalized spacial score (nSPS) is 13.0. The molecule has 0 bridgehead atoms. The van der Waals surface area contributed by atoms with Gasteiger partial charge in [0.1, 0.15) is 17.2 Å². The summed E-state index contributed by atoms with van der Waals surface area (Å²) >= 11 is 0. The second-order valence-corrected chi connectivity index (χ2v) is 8.58. The van der Waals surface area contributed by atoms with Crippen molar-refractivity contribution in [1.82, 2.24) is 4.90 Å². The van der Waals surface area contributed by atoms with Crippen molar-refractivity contribution in [3.63, 3.8) is 0 Å². The van der Waals surface area contributed by atoms with Crippen LogP contribution in [0.15, 0.2) is 42.5 Å². The predicted octanol–water partition coefficient (Wildman–Crippen LogP) is 5.47. The monoisotopic (exact) mass is 438 g/mol. The van der Waals surface area contributed by atoms with Crippen LogP contribution in [0, 0.1) is 17.2 Å². The molecule has 0 saturated carbocycles. The second-order valence-electron chi connectivity index (χ2n) is 8.58. The van der Waals surface area contributed by atoms with Crippen molar-refractivity contribution in [3.05, 3.63) is 53.6 Å². The van der Waals surface area contributed by atoms with Gasteiger partial charge in [-0.3, -0.25) is 0 Å². The average Bonchev–Trinajstić information content (AvgIpc) is 2.80. The maximum Gasteiger partial charge on any atom is 0.122 e. The van der Waals surface area contributed by atoms with Crippen LogP contribution in [-0.2, 0) is 11.8 Å². The zero-order chi connectivity index (χ0) is 23.6. The van der Waals surface area contributed by atoms with Crippen LogP contribution in [0.3, 0.4) is 0 Å². The summed E-state index contributed by atoms with van der Waals surface area (Å²) in [5.41, 5.74) is 1.65. The zero-order valence-electron chi connectivity index (χ0n) is 20.5. The van der Waals surface area contributed by atoms with E-state index >= 15 is 0 Å². The van der Waals surface area contributed by atoms with Crippen LogP contribution in [0.1, 0.15) is 44.7 Å². The van der Waals surface area contributed by atoms with Crippen LogP contribution < -0.4 is 14.2 Å². The number of hydrogen-bond acceptors (Lipinski definition) is 5. The van der Waals surface area contributed by atoms with Crippen molar-refractivity contribution in [2.75, 3.05) is 41.0 Å². The first kappa shape index (κ1) is 25.5. The molecule has 2 rings (SSSR count). The van der Waals surface area contributed by atoms with Crippen LogP contribution in [0.2, 0.25) is 0 Å². The van der Waals surface area contributed by atoms with E-state index < -0.39 is 5.41 Å². The first-order valence-electron chi connectivity index (χ1n) is 11.4. The highest BCUT2D eigenvalue weighted by molar-refractivity contribution is 5.45. The lowest BCUT2D eigenvalue weighted by molar-refractivity contribution is 0.292. The van der Waals surface area contributed by atoms with Crippen LogP contribution >= 0.6 is 0 Å². The predicted molar refractivity (Wildman–Crippen MR) is 130 cm³/mol. The third-order valence-electron chi connectivity index (χ3n) is 6.15. The van der Waals surface area contributed by atoms with Gasteiger partial charge >= 0.3 is 0 Å². The van der Waals surface area contributed by atoms with Gasteiger partial charge in [0, 0.05) is 12.6 Å². The molecule has 0 amide bonds. The van der Waals surface area contributed by atoms with Crippen molar-refractivity contribution in [2.45, 2.75) is 45.4 Å². The summed E-state index contributed by atoms with van der Waals surface area (Å²) in [7, 11) is 5.42. The number of hydrogen-bond donors (Lipinski definition) is 0. The fraction of sp³-hybridized carbons (Fsp3) is 0.519. The van der Waals surface area contributed by atoms with Crippen LogP contribution in [0.25, 0.3) is 0 Å². The maximum absolute atomic E-state index is 10.3. The van der Waals surface area contributed by atoms with Gasteiger partial charge in [0.25, 0.3) is 0 Å². The smallest absolute Gasteiger partial charge is 0.122 e. The SMILES string of the molecule is CCOc1cccc(CCN(C)CCCC(C#N)(c2cc(OC)cc(OC)c2)C(C)C)c1. The summed E-state index contributed by atoms with van der Waals surface area (Å²) in [5.74, 6) is 2.52. The van der Waals surface area contributed by atoms with E-state index in [9.17, 15) is 5.26 Å². The average molecular weight is 439 g/mol. The highest BCUT2D eigenvalue weighted by Crippen LogP contribution is 2.40. The Bertz CT molecular complexity index is 868. The minimum atomic E-state index is -0.589. The van der Waals surface area contributed by atoms with E-state index in [1.165, 1.54) is 5.56 Å². The van der Waals surface area contributed by atoms with E-state index in [1.807, 2.05) is 37.3 Å². The quantitative estimate of drug-likeness (QED) is 0.415. The first-order chi connectivity index (χ1) is 15.4. The van der Waals surface area contributed by atoms with Crippen molar-refractivity contribution in [2.24, 2.45) is 5.92 Å². The van der Waals surface area contributed by atoms with E-state index in [4.69, 9.17) is 14.2 Å². The van der Waals surface area contributed by atoms with Gasteiger partial charge < -0.3 is 19.1 Å². The third kappa shape index (κ3) is 6.64. The lowest BCUT2D eigenvalue weighted by atomic mass is 9.69. The fourth-order valence-corrected chi connectivity index (χ4v) is 4.10. The molecule has 2 aromatic carbocycles. The minimum absolute atomic E-state index is 0.163. The fourth-order valence-electron chi connectivity index (χ4n) is 4.10. The molecule has 0 heterocycles. The van der Waals surface area contributed by atoms with Gasteiger partial charge in [-0.05, 0) is 81.1 Å². The van der Waals surface area contributed by atoms with Crippen molar-refractivity contribution < 1.29 is 14.2 Å². The van der Waals surface area contributed by atoms with Gasteiger partial charge in [0.05, 0.1) is 32.3 Å². The Hall–Kier alpha value is -2.71. The van der Waals surface area contributed by atoms with Gasteiger partial charge in [-0.25, -0.2) is 0 Å². The van der Waals surface area contributed by atoms with Gasteiger partial charge in [0.15, 0.2) is 0 Å².